The third kappa shape index (κ3) is 3.63. The summed E-state index contributed by atoms with van der Waals surface area (Å²) in [6, 6.07) is 18.7. The SMILES string of the molecule is N#Cc1cccc(NCC2CCCN2Cc2ccccc2)n1. The maximum Gasteiger partial charge on any atom is 0.142 e. The largest absolute Gasteiger partial charge is 0.368 e. The molecule has 0 spiro atoms. The molecule has 22 heavy (non-hydrogen) atoms. The number of likely N-dealkylation sites (tertiary alicyclic amines) is 1. The van der Waals surface area contributed by atoms with Crippen molar-refractivity contribution in [2.75, 3.05) is 18.4 Å². The molecule has 0 radical (unpaired) electrons. The molecule has 1 atom stereocenters. The van der Waals surface area contributed by atoms with Crippen LogP contribution in [0.4, 0.5) is 5.82 Å². The van der Waals surface area contributed by atoms with Crippen molar-refractivity contribution < 1.29 is 0 Å². The highest BCUT2D eigenvalue weighted by molar-refractivity contribution is 5.38. The summed E-state index contributed by atoms with van der Waals surface area (Å²) in [5, 5.41) is 12.3. The molecule has 112 valence electrons. The molecule has 2 aromatic rings. The van der Waals surface area contributed by atoms with Crippen molar-refractivity contribution >= 4 is 5.82 Å². The summed E-state index contributed by atoms with van der Waals surface area (Å²) in [5.41, 5.74) is 1.82. The molecule has 2 heterocycles. The summed E-state index contributed by atoms with van der Waals surface area (Å²) < 4.78 is 0. The van der Waals surface area contributed by atoms with Crippen LogP contribution in [0.1, 0.15) is 24.1 Å². The fourth-order valence-electron chi connectivity index (χ4n) is 2.97. The van der Waals surface area contributed by atoms with Crippen LogP contribution in [0.25, 0.3) is 0 Å². The van der Waals surface area contributed by atoms with Gasteiger partial charge in [-0.1, -0.05) is 36.4 Å². The Morgan fingerprint density at radius 2 is 2.05 bits per heavy atom. The molecular weight excluding hydrogens is 272 g/mol. The first-order chi connectivity index (χ1) is 10.8. The lowest BCUT2D eigenvalue weighted by Crippen LogP contribution is -2.34. The summed E-state index contributed by atoms with van der Waals surface area (Å²) in [5.74, 6) is 0.783. The predicted molar refractivity (Wildman–Crippen MR) is 87.3 cm³/mol. The lowest BCUT2D eigenvalue weighted by Gasteiger charge is -2.25. The average molecular weight is 292 g/mol. The number of rotatable bonds is 5. The molecule has 1 unspecified atom stereocenters. The Balaban J connectivity index is 1.58. The summed E-state index contributed by atoms with van der Waals surface area (Å²) in [4.78, 5) is 6.79. The van der Waals surface area contributed by atoms with Crippen LogP contribution in [-0.2, 0) is 6.54 Å². The smallest absolute Gasteiger partial charge is 0.142 e. The highest BCUT2D eigenvalue weighted by Crippen LogP contribution is 2.20. The number of hydrogen-bond acceptors (Lipinski definition) is 4. The fourth-order valence-corrected chi connectivity index (χ4v) is 2.97. The van der Waals surface area contributed by atoms with Crippen LogP contribution in [0.3, 0.4) is 0 Å². The van der Waals surface area contributed by atoms with Crippen LogP contribution < -0.4 is 5.32 Å². The van der Waals surface area contributed by atoms with Crippen molar-refractivity contribution in [3.8, 4) is 6.07 Å². The third-order valence-corrected chi connectivity index (χ3v) is 4.11. The van der Waals surface area contributed by atoms with Crippen molar-refractivity contribution in [3.63, 3.8) is 0 Å². The van der Waals surface area contributed by atoms with E-state index in [1.54, 1.807) is 6.07 Å². The van der Waals surface area contributed by atoms with Gasteiger partial charge in [-0.2, -0.15) is 5.26 Å². The molecule has 0 saturated carbocycles. The summed E-state index contributed by atoms with van der Waals surface area (Å²) in [7, 11) is 0. The number of pyridine rings is 1. The van der Waals surface area contributed by atoms with E-state index in [9.17, 15) is 0 Å². The molecule has 1 aromatic heterocycles. The van der Waals surface area contributed by atoms with E-state index in [0.29, 0.717) is 11.7 Å². The Morgan fingerprint density at radius 1 is 1.18 bits per heavy atom. The summed E-state index contributed by atoms with van der Waals surface area (Å²) >= 11 is 0. The maximum absolute atomic E-state index is 8.90. The molecule has 1 saturated heterocycles. The maximum atomic E-state index is 8.90. The molecule has 1 N–H and O–H groups in total. The van der Waals surface area contributed by atoms with Crippen molar-refractivity contribution in [1.82, 2.24) is 9.88 Å². The zero-order valence-corrected chi connectivity index (χ0v) is 12.6. The zero-order chi connectivity index (χ0) is 15.2. The van der Waals surface area contributed by atoms with E-state index in [1.165, 1.54) is 18.4 Å². The van der Waals surface area contributed by atoms with E-state index in [2.05, 4.69) is 51.6 Å². The first kappa shape index (κ1) is 14.6. The Bertz CT molecular complexity index is 648. The number of hydrogen-bond donors (Lipinski definition) is 1. The molecule has 0 bridgehead atoms. The minimum Gasteiger partial charge on any atom is -0.368 e. The van der Waals surface area contributed by atoms with Crippen LogP contribution in [0.2, 0.25) is 0 Å². The van der Waals surface area contributed by atoms with Gasteiger partial charge in [0, 0.05) is 19.1 Å². The first-order valence-corrected chi connectivity index (χ1v) is 7.74. The third-order valence-electron chi connectivity index (χ3n) is 4.11. The van der Waals surface area contributed by atoms with E-state index in [-0.39, 0.29) is 0 Å². The van der Waals surface area contributed by atoms with Crippen LogP contribution >= 0.6 is 0 Å². The molecule has 0 aliphatic carbocycles. The highest BCUT2D eigenvalue weighted by Gasteiger charge is 2.24. The Kier molecular flexibility index (Phi) is 4.67. The van der Waals surface area contributed by atoms with E-state index in [0.717, 1.165) is 25.5 Å². The molecule has 4 nitrogen and oxygen atoms in total. The topological polar surface area (TPSA) is 52.0 Å². The molecule has 1 aliphatic heterocycles. The Hall–Kier alpha value is -2.38. The van der Waals surface area contributed by atoms with Gasteiger partial charge in [-0.15, -0.1) is 0 Å². The van der Waals surface area contributed by atoms with Gasteiger partial charge in [-0.25, -0.2) is 4.98 Å². The van der Waals surface area contributed by atoms with Crippen molar-refractivity contribution in [1.29, 1.82) is 5.26 Å². The Morgan fingerprint density at radius 3 is 2.86 bits per heavy atom. The van der Waals surface area contributed by atoms with Gasteiger partial charge in [-0.05, 0) is 37.1 Å². The number of nitrogens with zero attached hydrogens (tertiary/aromatic N) is 3. The van der Waals surface area contributed by atoms with Gasteiger partial charge in [0.25, 0.3) is 0 Å². The second-order valence-corrected chi connectivity index (χ2v) is 5.65. The van der Waals surface area contributed by atoms with Gasteiger partial charge >= 0.3 is 0 Å². The van der Waals surface area contributed by atoms with Gasteiger partial charge in [0.2, 0.25) is 0 Å². The second kappa shape index (κ2) is 7.06. The van der Waals surface area contributed by atoms with E-state index >= 15 is 0 Å². The van der Waals surface area contributed by atoms with E-state index in [1.807, 2.05) is 12.1 Å². The van der Waals surface area contributed by atoms with Crippen molar-refractivity contribution in [2.45, 2.75) is 25.4 Å². The van der Waals surface area contributed by atoms with Gasteiger partial charge in [0.05, 0.1) is 0 Å². The lowest BCUT2D eigenvalue weighted by molar-refractivity contribution is 0.254. The number of aromatic nitrogens is 1. The molecule has 3 rings (SSSR count). The van der Waals surface area contributed by atoms with E-state index in [4.69, 9.17) is 5.26 Å². The van der Waals surface area contributed by atoms with Crippen LogP contribution in [0, 0.1) is 11.3 Å². The minimum absolute atomic E-state index is 0.456. The monoisotopic (exact) mass is 292 g/mol. The zero-order valence-electron chi connectivity index (χ0n) is 12.6. The van der Waals surface area contributed by atoms with Gasteiger partial charge in [-0.3, -0.25) is 4.90 Å². The van der Waals surface area contributed by atoms with Crippen molar-refractivity contribution in [3.05, 3.63) is 59.8 Å². The normalized spacial score (nSPS) is 18.0. The minimum atomic E-state index is 0.456. The van der Waals surface area contributed by atoms with Crippen LogP contribution in [0.5, 0.6) is 0 Å². The quantitative estimate of drug-likeness (QED) is 0.920. The number of anilines is 1. The summed E-state index contributed by atoms with van der Waals surface area (Å²) in [6.45, 7) is 3.01. The van der Waals surface area contributed by atoms with Crippen LogP contribution in [-0.4, -0.2) is 29.0 Å². The first-order valence-electron chi connectivity index (χ1n) is 7.74. The molecule has 1 aliphatic rings. The van der Waals surface area contributed by atoms with Gasteiger partial charge in [0.15, 0.2) is 0 Å². The molecule has 0 amide bonds. The van der Waals surface area contributed by atoms with Crippen LogP contribution in [0.15, 0.2) is 48.5 Å². The van der Waals surface area contributed by atoms with Gasteiger partial charge < -0.3 is 5.32 Å². The lowest BCUT2D eigenvalue weighted by atomic mass is 10.2. The molecule has 1 fully saturated rings. The summed E-state index contributed by atoms with van der Waals surface area (Å²) in [6.07, 6.45) is 2.45. The standard InChI is InChI=1S/C18H20N4/c19-12-16-8-4-10-18(21-16)20-13-17-9-5-11-22(17)14-15-6-2-1-3-7-15/h1-4,6-8,10,17H,5,9,11,13-14H2,(H,20,21). The highest BCUT2D eigenvalue weighted by atomic mass is 15.2. The van der Waals surface area contributed by atoms with Gasteiger partial charge in [0.1, 0.15) is 17.6 Å². The number of benzene rings is 1. The predicted octanol–water partition coefficient (Wildman–Crippen LogP) is 3.03. The molecular formula is C18H20N4. The second-order valence-electron chi connectivity index (χ2n) is 5.65. The number of nitrogens with one attached hydrogen (secondary N) is 1. The van der Waals surface area contributed by atoms with E-state index < -0.39 is 0 Å². The fraction of sp³-hybridized carbons (Fsp3) is 0.333. The Labute approximate surface area is 131 Å². The van der Waals surface area contributed by atoms with Crippen molar-refractivity contribution in [2.24, 2.45) is 0 Å². The molecule has 4 heteroatoms. The molecule has 1 aromatic carbocycles. The average Bonchev–Trinajstić information content (AvgIpc) is 3.01. The number of nitriles is 1.